The molecule has 0 saturated carbocycles. The molecular formula is C19H20N6O2. The van der Waals surface area contributed by atoms with E-state index in [9.17, 15) is 0 Å². The number of hydrogen-bond acceptors (Lipinski definition) is 7. The summed E-state index contributed by atoms with van der Waals surface area (Å²) in [4.78, 5) is 9.08. The van der Waals surface area contributed by atoms with Gasteiger partial charge < -0.3 is 20.5 Å². The van der Waals surface area contributed by atoms with E-state index in [0.717, 1.165) is 44.5 Å². The highest BCUT2D eigenvalue weighted by Crippen LogP contribution is 2.30. The molecule has 4 rings (SSSR count). The van der Waals surface area contributed by atoms with E-state index < -0.39 is 0 Å². The van der Waals surface area contributed by atoms with Crippen LogP contribution in [-0.2, 0) is 0 Å². The maximum Gasteiger partial charge on any atom is 0.227 e. The summed E-state index contributed by atoms with van der Waals surface area (Å²) in [5.41, 5.74) is 4.47. The number of aliphatic hydroxyl groups excluding tert-OH is 1. The molecule has 2 aromatic carbocycles. The molecule has 0 saturated heterocycles. The normalized spacial score (nSPS) is 11.1. The van der Waals surface area contributed by atoms with Gasteiger partial charge in [0.2, 0.25) is 5.95 Å². The molecule has 8 heteroatoms. The van der Waals surface area contributed by atoms with Gasteiger partial charge in [0.25, 0.3) is 0 Å². The minimum absolute atomic E-state index is 0.0754. The van der Waals surface area contributed by atoms with Crippen LogP contribution < -0.4 is 15.4 Å². The number of aryl methyl sites for hydroxylation is 1. The average Bonchev–Trinajstić information content (AvgIpc) is 3.16. The van der Waals surface area contributed by atoms with E-state index in [1.54, 1.807) is 19.5 Å². The molecule has 2 aromatic heterocycles. The number of aromatic nitrogens is 4. The lowest BCUT2D eigenvalue weighted by Crippen LogP contribution is -2.07. The third-order valence-corrected chi connectivity index (χ3v) is 4.43. The van der Waals surface area contributed by atoms with Crippen molar-refractivity contribution in [3.8, 4) is 5.75 Å². The van der Waals surface area contributed by atoms with E-state index in [-0.39, 0.29) is 6.61 Å². The van der Waals surface area contributed by atoms with Crippen molar-refractivity contribution < 1.29 is 9.84 Å². The van der Waals surface area contributed by atoms with E-state index in [0.29, 0.717) is 12.5 Å². The van der Waals surface area contributed by atoms with Crippen LogP contribution in [-0.4, -0.2) is 45.5 Å². The standard InChI is InChI=1S/C19H20N6O2/c1-11-15(20-5-6-26)4-3-12-9-21-19(24-18(11)12)23-13-7-16-14(10-22-25-16)17(8-13)27-2/h3-4,7-10,20,26H,5-6H2,1-2H3,(H,22,25)(H,21,23,24). The number of aromatic amines is 1. The van der Waals surface area contributed by atoms with Crippen molar-refractivity contribution in [2.75, 3.05) is 30.9 Å². The van der Waals surface area contributed by atoms with E-state index >= 15 is 0 Å². The van der Waals surface area contributed by atoms with E-state index in [1.165, 1.54) is 0 Å². The third kappa shape index (κ3) is 3.22. The third-order valence-electron chi connectivity index (χ3n) is 4.43. The smallest absolute Gasteiger partial charge is 0.227 e. The first kappa shape index (κ1) is 17.0. The van der Waals surface area contributed by atoms with E-state index in [4.69, 9.17) is 9.84 Å². The lowest BCUT2D eigenvalue weighted by atomic mass is 10.1. The molecule has 0 atom stereocenters. The molecule has 8 nitrogen and oxygen atoms in total. The van der Waals surface area contributed by atoms with Crippen LogP contribution in [0.5, 0.6) is 5.75 Å². The van der Waals surface area contributed by atoms with E-state index in [1.807, 2.05) is 31.2 Å². The van der Waals surface area contributed by atoms with Gasteiger partial charge in [-0.15, -0.1) is 0 Å². The molecule has 0 aliphatic rings. The fraction of sp³-hybridized carbons (Fsp3) is 0.211. The Kier molecular flexibility index (Phi) is 4.47. The SMILES string of the molecule is COc1cc(Nc2ncc3ccc(NCCO)c(C)c3n2)cc2[nH]ncc12. The largest absolute Gasteiger partial charge is 0.496 e. The number of rotatable bonds is 6. The zero-order valence-electron chi connectivity index (χ0n) is 15.1. The van der Waals surface area contributed by atoms with Gasteiger partial charge in [-0.25, -0.2) is 9.97 Å². The Bertz CT molecular complexity index is 1110. The van der Waals surface area contributed by atoms with Gasteiger partial charge in [0.15, 0.2) is 0 Å². The second kappa shape index (κ2) is 7.08. The highest BCUT2D eigenvalue weighted by molar-refractivity contribution is 5.90. The molecule has 0 spiro atoms. The lowest BCUT2D eigenvalue weighted by Gasteiger charge is -2.12. The van der Waals surface area contributed by atoms with Gasteiger partial charge in [-0.1, -0.05) is 0 Å². The summed E-state index contributed by atoms with van der Waals surface area (Å²) >= 11 is 0. The Morgan fingerprint density at radius 3 is 2.93 bits per heavy atom. The van der Waals surface area contributed by atoms with Gasteiger partial charge in [0, 0.05) is 35.6 Å². The first-order valence-electron chi connectivity index (χ1n) is 8.59. The molecule has 0 radical (unpaired) electrons. The number of aliphatic hydroxyl groups is 1. The maximum absolute atomic E-state index is 9.03. The van der Waals surface area contributed by atoms with Gasteiger partial charge in [-0.2, -0.15) is 5.10 Å². The van der Waals surface area contributed by atoms with Crippen molar-refractivity contribution in [3.63, 3.8) is 0 Å². The molecule has 0 bridgehead atoms. The molecular weight excluding hydrogens is 344 g/mol. The highest BCUT2D eigenvalue weighted by atomic mass is 16.5. The number of anilines is 3. The number of hydrogen-bond donors (Lipinski definition) is 4. The fourth-order valence-electron chi connectivity index (χ4n) is 3.07. The quantitative estimate of drug-likeness (QED) is 0.416. The zero-order chi connectivity index (χ0) is 18.8. The Morgan fingerprint density at radius 1 is 1.22 bits per heavy atom. The van der Waals surface area contributed by atoms with Gasteiger partial charge in [-0.05, 0) is 30.7 Å². The minimum atomic E-state index is 0.0754. The molecule has 138 valence electrons. The summed E-state index contributed by atoms with van der Waals surface area (Å²) in [6.45, 7) is 2.57. The Morgan fingerprint density at radius 2 is 2.11 bits per heavy atom. The number of benzene rings is 2. The summed E-state index contributed by atoms with van der Waals surface area (Å²) in [5.74, 6) is 1.21. The first-order valence-corrected chi connectivity index (χ1v) is 8.59. The molecule has 0 aliphatic heterocycles. The maximum atomic E-state index is 9.03. The van der Waals surface area contributed by atoms with Gasteiger partial charge in [0.05, 0.1) is 36.3 Å². The molecule has 0 aliphatic carbocycles. The van der Waals surface area contributed by atoms with Crippen molar-refractivity contribution in [2.24, 2.45) is 0 Å². The van der Waals surface area contributed by atoms with Crippen LogP contribution in [0.4, 0.5) is 17.3 Å². The predicted molar refractivity (Wildman–Crippen MR) is 106 cm³/mol. The summed E-state index contributed by atoms with van der Waals surface area (Å²) in [6, 6.07) is 7.76. The van der Waals surface area contributed by atoms with Crippen LogP contribution in [0, 0.1) is 6.92 Å². The molecule has 0 unspecified atom stereocenters. The number of nitrogens with zero attached hydrogens (tertiary/aromatic N) is 3. The number of methoxy groups -OCH3 is 1. The predicted octanol–water partition coefficient (Wildman–Crippen LogP) is 2.97. The molecule has 4 aromatic rings. The summed E-state index contributed by atoms with van der Waals surface area (Å²) in [7, 11) is 1.63. The number of H-pyrrole nitrogens is 1. The van der Waals surface area contributed by atoms with Crippen molar-refractivity contribution in [1.29, 1.82) is 0 Å². The second-order valence-electron chi connectivity index (χ2n) is 6.15. The summed E-state index contributed by atoms with van der Waals surface area (Å²) in [6.07, 6.45) is 3.52. The zero-order valence-corrected chi connectivity index (χ0v) is 15.1. The Balaban J connectivity index is 1.70. The molecule has 4 N–H and O–H groups in total. The van der Waals surface area contributed by atoms with Crippen molar-refractivity contribution >= 4 is 39.1 Å². The average molecular weight is 364 g/mol. The Labute approximate surface area is 155 Å². The Hall–Kier alpha value is -3.39. The fourth-order valence-corrected chi connectivity index (χ4v) is 3.07. The van der Waals surface area contributed by atoms with E-state index in [2.05, 4.69) is 30.8 Å². The minimum Gasteiger partial charge on any atom is -0.496 e. The van der Waals surface area contributed by atoms with Gasteiger partial charge in [0.1, 0.15) is 5.75 Å². The van der Waals surface area contributed by atoms with Crippen LogP contribution >= 0.6 is 0 Å². The van der Waals surface area contributed by atoms with Crippen LogP contribution in [0.15, 0.2) is 36.7 Å². The molecule has 0 amide bonds. The highest BCUT2D eigenvalue weighted by Gasteiger charge is 2.10. The van der Waals surface area contributed by atoms with Crippen LogP contribution in [0.2, 0.25) is 0 Å². The van der Waals surface area contributed by atoms with Gasteiger partial charge >= 0.3 is 0 Å². The van der Waals surface area contributed by atoms with Crippen molar-refractivity contribution in [1.82, 2.24) is 20.2 Å². The summed E-state index contributed by atoms with van der Waals surface area (Å²) < 4.78 is 5.44. The lowest BCUT2D eigenvalue weighted by molar-refractivity contribution is 0.311. The molecule has 27 heavy (non-hydrogen) atoms. The number of nitrogens with one attached hydrogen (secondary N) is 3. The van der Waals surface area contributed by atoms with Crippen molar-refractivity contribution in [2.45, 2.75) is 6.92 Å². The molecule has 2 heterocycles. The monoisotopic (exact) mass is 364 g/mol. The van der Waals surface area contributed by atoms with Crippen molar-refractivity contribution in [3.05, 3.63) is 42.2 Å². The van der Waals surface area contributed by atoms with Crippen LogP contribution in [0.25, 0.3) is 21.8 Å². The first-order chi connectivity index (χ1) is 13.2. The van der Waals surface area contributed by atoms with Crippen LogP contribution in [0.1, 0.15) is 5.56 Å². The summed E-state index contributed by atoms with van der Waals surface area (Å²) in [5, 5.41) is 24.3. The van der Waals surface area contributed by atoms with Crippen LogP contribution in [0.3, 0.4) is 0 Å². The second-order valence-corrected chi connectivity index (χ2v) is 6.15. The number of ether oxygens (including phenoxy) is 1. The topological polar surface area (TPSA) is 108 Å². The van der Waals surface area contributed by atoms with Gasteiger partial charge in [-0.3, -0.25) is 5.10 Å². The molecule has 0 fully saturated rings. The number of fused-ring (bicyclic) bond motifs is 2.